The first-order valence-corrected chi connectivity index (χ1v) is 7.63. The van der Waals surface area contributed by atoms with Gasteiger partial charge in [0.05, 0.1) is 9.83 Å². The summed E-state index contributed by atoms with van der Waals surface area (Å²) in [5.74, 6) is 0. The van der Waals surface area contributed by atoms with Crippen molar-refractivity contribution in [1.82, 2.24) is 10.3 Å². The highest BCUT2D eigenvalue weighted by molar-refractivity contribution is 9.11. The van der Waals surface area contributed by atoms with Crippen molar-refractivity contribution in [2.24, 2.45) is 0 Å². The number of thiophene rings is 1. The summed E-state index contributed by atoms with van der Waals surface area (Å²) in [6.45, 7) is 7.27. The van der Waals surface area contributed by atoms with Gasteiger partial charge in [0, 0.05) is 17.3 Å². The van der Waals surface area contributed by atoms with Crippen LogP contribution in [-0.2, 0) is 0 Å². The van der Waals surface area contributed by atoms with E-state index in [-0.39, 0.29) is 6.04 Å². The Labute approximate surface area is 121 Å². The zero-order valence-corrected chi connectivity index (χ0v) is 13.2. The lowest BCUT2D eigenvalue weighted by Crippen LogP contribution is -2.21. The zero-order valence-electron chi connectivity index (χ0n) is 10.8. The van der Waals surface area contributed by atoms with Gasteiger partial charge in [0.25, 0.3) is 0 Å². The maximum Gasteiger partial charge on any atom is 0.0731 e. The Bertz CT molecular complexity index is 517. The van der Waals surface area contributed by atoms with Crippen molar-refractivity contribution >= 4 is 27.3 Å². The Kier molecular flexibility index (Phi) is 4.54. The maximum atomic E-state index is 4.30. The predicted molar refractivity (Wildman–Crippen MR) is 81.2 cm³/mol. The first-order chi connectivity index (χ1) is 8.61. The highest BCUT2D eigenvalue weighted by Gasteiger charge is 2.16. The van der Waals surface area contributed by atoms with Crippen LogP contribution in [0.25, 0.3) is 0 Å². The molecule has 0 saturated carbocycles. The molecule has 0 bridgehead atoms. The fourth-order valence-corrected chi connectivity index (χ4v) is 3.62. The van der Waals surface area contributed by atoms with E-state index >= 15 is 0 Å². The normalized spacial score (nSPS) is 12.7. The molecule has 1 atom stereocenters. The summed E-state index contributed by atoms with van der Waals surface area (Å²) >= 11 is 5.39. The van der Waals surface area contributed by atoms with Crippen LogP contribution < -0.4 is 5.32 Å². The summed E-state index contributed by atoms with van der Waals surface area (Å²) in [5, 5.41) is 3.53. The summed E-state index contributed by atoms with van der Waals surface area (Å²) in [6, 6.07) is 4.67. The van der Waals surface area contributed by atoms with Gasteiger partial charge < -0.3 is 5.32 Å². The van der Waals surface area contributed by atoms with Gasteiger partial charge >= 0.3 is 0 Å². The molecule has 0 amide bonds. The van der Waals surface area contributed by atoms with Crippen LogP contribution in [0.1, 0.15) is 34.5 Å². The first-order valence-electron chi connectivity index (χ1n) is 6.02. The van der Waals surface area contributed by atoms with E-state index in [4.69, 9.17) is 0 Å². The number of rotatable bonds is 4. The Morgan fingerprint density at radius 1 is 1.33 bits per heavy atom. The molecule has 0 aromatic carbocycles. The summed E-state index contributed by atoms with van der Waals surface area (Å²) in [6.07, 6.45) is 3.84. The smallest absolute Gasteiger partial charge is 0.0731 e. The Morgan fingerprint density at radius 3 is 2.67 bits per heavy atom. The van der Waals surface area contributed by atoms with Crippen LogP contribution in [-0.4, -0.2) is 11.5 Å². The molecule has 0 spiro atoms. The summed E-state index contributed by atoms with van der Waals surface area (Å²) < 4.78 is 1.21. The molecule has 0 radical (unpaired) electrons. The molecule has 0 fully saturated rings. The second-order valence-electron chi connectivity index (χ2n) is 4.39. The van der Waals surface area contributed by atoms with E-state index in [0.717, 1.165) is 6.54 Å². The van der Waals surface area contributed by atoms with Gasteiger partial charge in [-0.15, -0.1) is 11.3 Å². The minimum atomic E-state index is 0.234. The van der Waals surface area contributed by atoms with Gasteiger partial charge in [0.15, 0.2) is 0 Å². The van der Waals surface area contributed by atoms with Crippen molar-refractivity contribution in [3.63, 3.8) is 0 Å². The van der Waals surface area contributed by atoms with Crippen LogP contribution in [0.15, 0.2) is 28.3 Å². The van der Waals surface area contributed by atoms with Crippen LogP contribution in [0.2, 0.25) is 0 Å². The van der Waals surface area contributed by atoms with E-state index < -0.39 is 0 Å². The Hall–Kier alpha value is -0.710. The Morgan fingerprint density at radius 2 is 2.11 bits per heavy atom. The van der Waals surface area contributed by atoms with Crippen LogP contribution in [0.5, 0.6) is 0 Å². The van der Waals surface area contributed by atoms with Crippen molar-refractivity contribution in [3.8, 4) is 0 Å². The van der Waals surface area contributed by atoms with Crippen LogP contribution >= 0.6 is 27.3 Å². The number of aromatic nitrogens is 1. The van der Waals surface area contributed by atoms with Gasteiger partial charge in [-0.25, -0.2) is 0 Å². The molecule has 2 nitrogen and oxygen atoms in total. The number of halogens is 1. The summed E-state index contributed by atoms with van der Waals surface area (Å²) in [5.41, 5.74) is 3.71. The van der Waals surface area contributed by atoms with Crippen molar-refractivity contribution in [2.75, 3.05) is 6.54 Å². The van der Waals surface area contributed by atoms with Gasteiger partial charge in [-0.05, 0) is 59.1 Å². The molecule has 1 unspecified atom stereocenters. The number of hydrogen-bond acceptors (Lipinski definition) is 3. The third kappa shape index (κ3) is 2.99. The van der Waals surface area contributed by atoms with Crippen LogP contribution in [0.3, 0.4) is 0 Å². The standard InChI is InChI=1S/C14H17BrN2S/c1-4-17-13(11-5-9(2)7-16-8-11)12-6-10(3)14(15)18-12/h5-8,13,17H,4H2,1-3H3. The molecule has 0 aliphatic rings. The highest BCUT2D eigenvalue weighted by atomic mass is 79.9. The van der Waals surface area contributed by atoms with E-state index in [1.54, 1.807) is 11.3 Å². The Balaban J connectivity index is 2.39. The average molecular weight is 325 g/mol. The lowest BCUT2D eigenvalue weighted by molar-refractivity contribution is 0.637. The molecular formula is C14H17BrN2S. The maximum absolute atomic E-state index is 4.30. The molecule has 18 heavy (non-hydrogen) atoms. The van der Waals surface area contributed by atoms with E-state index in [2.05, 4.69) is 59.1 Å². The molecule has 2 aromatic rings. The lowest BCUT2D eigenvalue weighted by Gasteiger charge is -2.16. The lowest BCUT2D eigenvalue weighted by atomic mass is 10.1. The molecule has 0 aliphatic carbocycles. The number of nitrogens with one attached hydrogen (secondary N) is 1. The molecule has 0 aliphatic heterocycles. The van der Waals surface area contributed by atoms with Crippen molar-refractivity contribution < 1.29 is 0 Å². The average Bonchev–Trinajstić information content (AvgIpc) is 2.66. The SMILES string of the molecule is CCNC(c1cncc(C)c1)c1cc(C)c(Br)s1. The summed E-state index contributed by atoms with van der Waals surface area (Å²) in [7, 11) is 0. The van der Waals surface area contributed by atoms with Gasteiger partial charge in [0.2, 0.25) is 0 Å². The van der Waals surface area contributed by atoms with Gasteiger partial charge in [-0.3, -0.25) is 4.98 Å². The quantitative estimate of drug-likeness (QED) is 0.910. The molecule has 0 saturated heterocycles. The predicted octanol–water partition coefficient (Wildman–Crippen LogP) is 4.22. The van der Waals surface area contributed by atoms with Crippen molar-refractivity contribution in [1.29, 1.82) is 0 Å². The minimum Gasteiger partial charge on any atom is -0.306 e. The fraction of sp³-hybridized carbons (Fsp3) is 0.357. The van der Waals surface area contributed by atoms with E-state index in [1.807, 2.05) is 12.4 Å². The molecule has 2 aromatic heterocycles. The number of nitrogens with zero attached hydrogens (tertiary/aromatic N) is 1. The number of aryl methyl sites for hydroxylation is 2. The number of pyridine rings is 1. The third-order valence-electron chi connectivity index (χ3n) is 2.80. The molecule has 2 heterocycles. The van der Waals surface area contributed by atoms with Gasteiger partial charge in [0.1, 0.15) is 0 Å². The molecular weight excluding hydrogens is 308 g/mol. The van der Waals surface area contributed by atoms with Gasteiger partial charge in [-0.2, -0.15) is 0 Å². The largest absolute Gasteiger partial charge is 0.306 e. The molecule has 2 rings (SSSR count). The highest BCUT2D eigenvalue weighted by Crippen LogP contribution is 2.34. The van der Waals surface area contributed by atoms with Gasteiger partial charge in [-0.1, -0.05) is 13.0 Å². The number of hydrogen-bond donors (Lipinski definition) is 1. The van der Waals surface area contributed by atoms with Crippen LogP contribution in [0.4, 0.5) is 0 Å². The zero-order chi connectivity index (χ0) is 13.1. The van der Waals surface area contributed by atoms with E-state index in [0.29, 0.717) is 0 Å². The second-order valence-corrected chi connectivity index (χ2v) is 6.79. The third-order valence-corrected chi connectivity index (χ3v) is 5.00. The topological polar surface area (TPSA) is 24.9 Å². The molecule has 1 N–H and O–H groups in total. The second kappa shape index (κ2) is 5.95. The fourth-order valence-electron chi connectivity index (χ4n) is 1.95. The first kappa shape index (κ1) is 13.7. The summed E-state index contributed by atoms with van der Waals surface area (Å²) in [4.78, 5) is 5.62. The van der Waals surface area contributed by atoms with Crippen molar-refractivity contribution in [3.05, 3.63) is 49.9 Å². The van der Waals surface area contributed by atoms with Crippen LogP contribution in [0, 0.1) is 13.8 Å². The van der Waals surface area contributed by atoms with Crippen molar-refractivity contribution in [2.45, 2.75) is 26.8 Å². The monoisotopic (exact) mass is 324 g/mol. The van der Waals surface area contributed by atoms with E-state index in [1.165, 1.54) is 25.4 Å². The molecule has 96 valence electrons. The minimum absolute atomic E-state index is 0.234. The van der Waals surface area contributed by atoms with E-state index in [9.17, 15) is 0 Å². The molecule has 4 heteroatoms.